The van der Waals surface area contributed by atoms with Crippen molar-refractivity contribution in [2.45, 2.75) is 38.1 Å². The quantitative estimate of drug-likeness (QED) is 0.423. The number of carbonyl (C=O) groups is 1. The summed E-state index contributed by atoms with van der Waals surface area (Å²) in [6.45, 7) is 2.58. The van der Waals surface area contributed by atoms with Gasteiger partial charge in [-0.2, -0.15) is 4.98 Å². The van der Waals surface area contributed by atoms with E-state index in [4.69, 9.17) is 10.1 Å². The minimum Gasteiger partial charge on any atom is -0.481 e. The van der Waals surface area contributed by atoms with Crippen LogP contribution < -0.4 is 14.5 Å². The van der Waals surface area contributed by atoms with Gasteiger partial charge in [0.05, 0.1) is 29.8 Å². The fourth-order valence-electron chi connectivity index (χ4n) is 5.04. The molecule has 0 aliphatic carbocycles. The second kappa shape index (κ2) is 9.97. The maximum atomic E-state index is 13.1. The number of hydrogen-bond donors (Lipinski definition) is 3. The lowest BCUT2D eigenvalue weighted by atomic mass is 9.94. The highest BCUT2D eigenvalue weighted by molar-refractivity contribution is 7.92. The molecule has 2 fully saturated rings. The van der Waals surface area contributed by atoms with Crippen molar-refractivity contribution in [3.63, 3.8) is 0 Å². The maximum Gasteiger partial charge on any atom is 0.303 e. The molecule has 1 atom stereocenters. The number of nitrogens with zero attached hydrogens (tertiary/aromatic N) is 6. The Balaban J connectivity index is 1.56. The van der Waals surface area contributed by atoms with Gasteiger partial charge in [0.25, 0.3) is 0 Å². The van der Waals surface area contributed by atoms with E-state index >= 15 is 0 Å². The van der Waals surface area contributed by atoms with Gasteiger partial charge in [0.2, 0.25) is 16.0 Å². The average molecular weight is 515 g/mol. The third-order valence-electron chi connectivity index (χ3n) is 6.82. The molecule has 3 aromatic rings. The molecule has 0 saturated carbocycles. The summed E-state index contributed by atoms with van der Waals surface area (Å²) in [5.41, 5.74) is 2.28. The minimum absolute atomic E-state index is 0.113. The Kier molecular flexibility index (Phi) is 6.75. The summed E-state index contributed by atoms with van der Waals surface area (Å²) in [6.07, 6.45) is 9.31. The zero-order valence-electron chi connectivity index (χ0n) is 20.1. The first-order chi connectivity index (χ1) is 17.3. The molecule has 0 radical (unpaired) electrons. The predicted molar refractivity (Wildman–Crippen MR) is 135 cm³/mol. The number of carboxylic acid groups (broad SMARTS) is 1. The van der Waals surface area contributed by atoms with Gasteiger partial charge in [0.15, 0.2) is 11.5 Å². The van der Waals surface area contributed by atoms with Gasteiger partial charge in [-0.05, 0) is 44.2 Å². The van der Waals surface area contributed by atoms with Gasteiger partial charge < -0.3 is 20.3 Å². The molecule has 12 nitrogen and oxygen atoms in total. The summed E-state index contributed by atoms with van der Waals surface area (Å²) in [7, 11) is -3.68. The number of piperidine rings is 2. The van der Waals surface area contributed by atoms with E-state index in [1.54, 1.807) is 24.7 Å². The maximum absolute atomic E-state index is 13.1. The minimum atomic E-state index is -3.68. The van der Waals surface area contributed by atoms with Gasteiger partial charge in [-0.15, -0.1) is 0 Å². The van der Waals surface area contributed by atoms with E-state index in [0.29, 0.717) is 67.3 Å². The number of aromatic amines is 1. The molecule has 3 N–H and O–H groups in total. The van der Waals surface area contributed by atoms with E-state index in [9.17, 15) is 13.2 Å². The van der Waals surface area contributed by atoms with E-state index in [1.807, 2.05) is 4.90 Å². The summed E-state index contributed by atoms with van der Waals surface area (Å²) in [6, 6.07) is 1.52. The standard InChI is InChI=1S/C23H30N8O4S/c1-36(34,35)31(16-3-2-7-24-12-16)22-17(19-14-26-21-18(28-19)4-8-25-21)13-27-23(29-22)30-9-5-15(6-10-30)11-20(32)33/h4,8,13-16,24H,2-3,5-7,9-12H2,1H3,(H,25,26)(H,32,33)/t16-/m0/s1. The van der Waals surface area contributed by atoms with Crippen LogP contribution in [0.15, 0.2) is 24.7 Å². The van der Waals surface area contributed by atoms with Crippen LogP contribution in [0.25, 0.3) is 22.4 Å². The highest BCUT2D eigenvalue weighted by Crippen LogP contribution is 2.34. The first-order valence-electron chi connectivity index (χ1n) is 12.1. The topological polar surface area (TPSA) is 157 Å². The number of aromatic nitrogens is 5. The molecule has 0 bridgehead atoms. The van der Waals surface area contributed by atoms with Crippen molar-refractivity contribution < 1.29 is 18.3 Å². The highest BCUT2D eigenvalue weighted by atomic mass is 32.2. The number of H-pyrrole nitrogens is 1. The van der Waals surface area contributed by atoms with Gasteiger partial charge in [0.1, 0.15) is 5.52 Å². The molecule has 0 amide bonds. The fraction of sp³-hybridized carbons (Fsp3) is 0.522. The lowest BCUT2D eigenvalue weighted by Gasteiger charge is -2.36. The smallest absolute Gasteiger partial charge is 0.303 e. The molecule has 36 heavy (non-hydrogen) atoms. The Morgan fingerprint density at radius 3 is 2.69 bits per heavy atom. The van der Waals surface area contributed by atoms with Crippen LogP contribution in [-0.2, 0) is 14.8 Å². The molecule has 13 heteroatoms. The number of hydrogen-bond acceptors (Lipinski definition) is 9. The summed E-state index contributed by atoms with van der Waals surface area (Å²) in [5, 5.41) is 12.4. The Morgan fingerprint density at radius 2 is 2.00 bits per heavy atom. The van der Waals surface area contributed by atoms with E-state index in [1.165, 1.54) is 10.6 Å². The van der Waals surface area contributed by atoms with Gasteiger partial charge in [-0.25, -0.2) is 27.7 Å². The molecule has 192 valence electrons. The normalized spacial score (nSPS) is 19.5. The number of nitrogens with one attached hydrogen (secondary N) is 2. The Bertz CT molecular complexity index is 1350. The van der Waals surface area contributed by atoms with Crippen molar-refractivity contribution in [3.8, 4) is 11.3 Å². The monoisotopic (exact) mass is 514 g/mol. The van der Waals surface area contributed by atoms with Crippen molar-refractivity contribution in [3.05, 3.63) is 24.7 Å². The first-order valence-corrected chi connectivity index (χ1v) is 14.0. The first kappa shape index (κ1) is 24.4. The van der Waals surface area contributed by atoms with E-state index in [2.05, 4.69) is 25.3 Å². The predicted octanol–water partition coefficient (Wildman–Crippen LogP) is 1.62. The van der Waals surface area contributed by atoms with Gasteiger partial charge in [-0.1, -0.05) is 0 Å². The summed E-state index contributed by atoms with van der Waals surface area (Å²) >= 11 is 0. The van der Waals surface area contributed by atoms with Crippen LogP contribution in [0.2, 0.25) is 0 Å². The van der Waals surface area contributed by atoms with Gasteiger partial charge in [0, 0.05) is 38.4 Å². The number of sulfonamides is 1. The molecule has 2 aliphatic heterocycles. The van der Waals surface area contributed by atoms with Crippen LogP contribution in [0.3, 0.4) is 0 Å². The number of aliphatic carboxylic acids is 1. The van der Waals surface area contributed by atoms with Crippen molar-refractivity contribution in [2.24, 2.45) is 5.92 Å². The molecule has 3 aromatic heterocycles. The molecular formula is C23H30N8O4S. The Morgan fingerprint density at radius 1 is 1.19 bits per heavy atom. The lowest BCUT2D eigenvalue weighted by molar-refractivity contribution is -0.138. The Labute approximate surface area is 209 Å². The zero-order chi connectivity index (χ0) is 25.3. The van der Waals surface area contributed by atoms with Crippen LogP contribution in [0.1, 0.15) is 32.1 Å². The summed E-state index contributed by atoms with van der Waals surface area (Å²) in [4.78, 5) is 34.6. The molecular weight excluding hydrogens is 484 g/mol. The van der Waals surface area contributed by atoms with Crippen molar-refractivity contribution in [1.29, 1.82) is 0 Å². The highest BCUT2D eigenvalue weighted by Gasteiger charge is 2.33. The Hall–Kier alpha value is -3.32. The molecule has 0 unspecified atom stereocenters. The third-order valence-corrected chi connectivity index (χ3v) is 8.01. The summed E-state index contributed by atoms with van der Waals surface area (Å²) in [5.74, 6) is 0.0343. The molecule has 0 aromatic carbocycles. The lowest BCUT2D eigenvalue weighted by Crippen LogP contribution is -2.49. The van der Waals surface area contributed by atoms with E-state index in [0.717, 1.165) is 13.0 Å². The number of carboxylic acids is 1. The second-order valence-corrected chi connectivity index (χ2v) is 11.3. The van der Waals surface area contributed by atoms with E-state index < -0.39 is 16.0 Å². The van der Waals surface area contributed by atoms with Crippen molar-refractivity contribution >= 4 is 38.9 Å². The van der Waals surface area contributed by atoms with Gasteiger partial charge in [-0.3, -0.25) is 4.79 Å². The molecule has 5 heterocycles. The van der Waals surface area contributed by atoms with Gasteiger partial charge >= 0.3 is 5.97 Å². The number of rotatable bonds is 7. The third kappa shape index (κ3) is 5.12. The fourth-order valence-corrected chi connectivity index (χ4v) is 6.22. The molecule has 5 rings (SSSR count). The van der Waals surface area contributed by atoms with Crippen LogP contribution >= 0.6 is 0 Å². The molecule has 0 spiro atoms. The van der Waals surface area contributed by atoms with E-state index in [-0.39, 0.29) is 24.2 Å². The largest absolute Gasteiger partial charge is 0.481 e. The van der Waals surface area contributed by atoms with Crippen LogP contribution in [0, 0.1) is 5.92 Å². The van der Waals surface area contributed by atoms with Crippen molar-refractivity contribution in [1.82, 2.24) is 30.2 Å². The molecule has 2 saturated heterocycles. The zero-order valence-corrected chi connectivity index (χ0v) is 20.9. The van der Waals surface area contributed by atoms with Crippen LogP contribution in [-0.4, -0.2) is 82.9 Å². The second-order valence-electron chi connectivity index (χ2n) is 9.46. The SMILES string of the molecule is CS(=O)(=O)N(c1nc(N2CCC(CC(=O)O)CC2)ncc1-c1cnc2[nH]ccc2n1)[C@H]1CCCNC1. The molecule has 2 aliphatic rings. The van der Waals surface area contributed by atoms with Crippen molar-refractivity contribution in [2.75, 3.05) is 41.6 Å². The van der Waals surface area contributed by atoms with Crippen LogP contribution in [0.5, 0.6) is 0 Å². The summed E-state index contributed by atoms with van der Waals surface area (Å²) < 4.78 is 27.7. The van der Waals surface area contributed by atoms with Crippen LogP contribution in [0.4, 0.5) is 11.8 Å². The number of fused-ring (bicyclic) bond motifs is 1. The number of anilines is 2. The average Bonchev–Trinajstić information content (AvgIpc) is 3.32.